The van der Waals surface area contributed by atoms with Crippen LogP contribution in [0, 0.1) is 36.5 Å². The monoisotopic (exact) mass is 426 g/mol. The average Bonchev–Trinajstić information content (AvgIpc) is 3.25. The van der Waals surface area contributed by atoms with Crippen LogP contribution in [0.2, 0.25) is 0 Å². The van der Waals surface area contributed by atoms with Crippen molar-refractivity contribution in [2.45, 2.75) is 52.1 Å². The summed E-state index contributed by atoms with van der Waals surface area (Å²) < 4.78 is 0. The summed E-state index contributed by atoms with van der Waals surface area (Å²) in [6.45, 7) is 6.27. The molecular formula is C27H30N4O. The van der Waals surface area contributed by atoms with E-state index >= 15 is 0 Å². The molecule has 1 aromatic heterocycles. The highest BCUT2D eigenvalue weighted by Crippen LogP contribution is 2.56. The molecule has 2 aromatic carbocycles. The third kappa shape index (κ3) is 3.49. The highest BCUT2D eigenvalue weighted by atomic mass is 16.1. The van der Waals surface area contributed by atoms with Gasteiger partial charge in [-0.05, 0) is 91.9 Å². The molecule has 5 nitrogen and oxygen atoms in total. The van der Waals surface area contributed by atoms with E-state index in [1.54, 1.807) is 0 Å². The number of amides is 1. The number of hydrogen-bond acceptors (Lipinski definition) is 3. The number of carbonyl (C=O) groups is 1. The molecule has 1 saturated carbocycles. The molecule has 3 aromatic rings. The summed E-state index contributed by atoms with van der Waals surface area (Å²) in [5, 5.41) is 10.6. The molecule has 0 bridgehead atoms. The number of H-pyrrole nitrogens is 1. The van der Waals surface area contributed by atoms with Crippen LogP contribution < -0.4 is 5.73 Å². The fraction of sp³-hybridized carbons (Fsp3) is 0.407. The SMILES string of the molecule is Cc1cc(C)c2[nH]ccc2c1CN1CCC2(CC(C#N)C2)C[C@H]1c1ccc(C(N)=O)cc1. The summed E-state index contributed by atoms with van der Waals surface area (Å²) in [6, 6.07) is 15.0. The van der Waals surface area contributed by atoms with Crippen LogP contribution in [0.5, 0.6) is 0 Å². The van der Waals surface area contributed by atoms with Crippen molar-refractivity contribution in [1.82, 2.24) is 9.88 Å². The number of piperidine rings is 1. The first kappa shape index (κ1) is 20.8. The van der Waals surface area contributed by atoms with Gasteiger partial charge in [-0.3, -0.25) is 9.69 Å². The van der Waals surface area contributed by atoms with Gasteiger partial charge in [0.2, 0.25) is 5.91 Å². The number of likely N-dealkylation sites (tertiary alicyclic amines) is 1. The van der Waals surface area contributed by atoms with Crippen molar-refractivity contribution >= 4 is 16.8 Å². The van der Waals surface area contributed by atoms with E-state index in [1.807, 2.05) is 18.3 Å². The lowest BCUT2D eigenvalue weighted by Crippen LogP contribution is -2.48. The number of rotatable bonds is 4. The second-order valence-electron chi connectivity index (χ2n) is 9.92. The third-order valence-corrected chi connectivity index (χ3v) is 7.85. The Labute approximate surface area is 189 Å². The summed E-state index contributed by atoms with van der Waals surface area (Å²) in [6.07, 6.45) is 6.25. The molecule has 1 saturated heterocycles. The van der Waals surface area contributed by atoms with E-state index in [0.29, 0.717) is 5.56 Å². The third-order valence-electron chi connectivity index (χ3n) is 7.85. The van der Waals surface area contributed by atoms with Gasteiger partial charge in [-0.25, -0.2) is 0 Å². The molecule has 1 aliphatic heterocycles. The molecule has 2 aliphatic rings. The Morgan fingerprint density at radius 1 is 1.19 bits per heavy atom. The molecule has 1 spiro atoms. The van der Waals surface area contributed by atoms with Crippen LogP contribution in [0.3, 0.4) is 0 Å². The summed E-state index contributed by atoms with van der Waals surface area (Å²) in [5.74, 6) is -0.187. The van der Waals surface area contributed by atoms with Gasteiger partial charge in [0.15, 0.2) is 0 Å². The number of benzene rings is 2. The van der Waals surface area contributed by atoms with Crippen LogP contribution in [-0.2, 0) is 6.54 Å². The second kappa shape index (κ2) is 7.79. The second-order valence-corrected chi connectivity index (χ2v) is 9.92. The van der Waals surface area contributed by atoms with Crippen LogP contribution in [0.15, 0.2) is 42.6 Å². The topological polar surface area (TPSA) is 85.9 Å². The van der Waals surface area contributed by atoms with Crippen LogP contribution in [0.4, 0.5) is 0 Å². The van der Waals surface area contributed by atoms with E-state index in [9.17, 15) is 10.1 Å². The highest BCUT2D eigenvalue weighted by molar-refractivity contribution is 5.92. The molecule has 1 amide bonds. The number of fused-ring (bicyclic) bond motifs is 1. The van der Waals surface area contributed by atoms with Crippen LogP contribution in [0.25, 0.3) is 10.9 Å². The maximum atomic E-state index is 11.6. The van der Waals surface area contributed by atoms with Gasteiger partial charge in [-0.1, -0.05) is 18.2 Å². The first-order chi connectivity index (χ1) is 15.4. The number of nitrogens with two attached hydrogens (primary N) is 1. The summed E-state index contributed by atoms with van der Waals surface area (Å²) in [7, 11) is 0. The molecular weight excluding hydrogens is 396 g/mol. The largest absolute Gasteiger partial charge is 0.366 e. The molecule has 164 valence electrons. The van der Waals surface area contributed by atoms with Gasteiger partial charge in [0.05, 0.1) is 6.07 Å². The average molecular weight is 427 g/mol. The minimum absolute atomic E-state index is 0.207. The molecule has 5 rings (SSSR count). The number of carbonyl (C=O) groups excluding carboxylic acids is 1. The number of nitrogens with zero attached hydrogens (tertiary/aromatic N) is 2. The minimum Gasteiger partial charge on any atom is -0.366 e. The van der Waals surface area contributed by atoms with Crippen LogP contribution in [-0.4, -0.2) is 22.3 Å². The Kier molecular flexibility index (Phi) is 5.06. The Balaban J connectivity index is 1.48. The van der Waals surface area contributed by atoms with Crippen molar-refractivity contribution in [3.05, 3.63) is 70.4 Å². The molecule has 0 unspecified atom stereocenters. The normalized spacial score (nSPS) is 25.5. The number of aryl methyl sites for hydroxylation is 2. The highest BCUT2D eigenvalue weighted by Gasteiger charge is 2.49. The first-order valence-corrected chi connectivity index (χ1v) is 11.5. The fourth-order valence-corrected chi connectivity index (χ4v) is 6.07. The lowest BCUT2D eigenvalue weighted by Gasteiger charge is -2.53. The predicted molar refractivity (Wildman–Crippen MR) is 126 cm³/mol. The predicted octanol–water partition coefficient (Wildman–Crippen LogP) is 5.14. The van der Waals surface area contributed by atoms with Gasteiger partial charge in [0.25, 0.3) is 0 Å². The fourth-order valence-electron chi connectivity index (χ4n) is 6.07. The molecule has 2 heterocycles. The number of nitriles is 1. The van der Waals surface area contributed by atoms with Crippen molar-refractivity contribution in [2.75, 3.05) is 6.54 Å². The Morgan fingerprint density at radius 2 is 1.94 bits per heavy atom. The summed E-state index contributed by atoms with van der Waals surface area (Å²) in [4.78, 5) is 17.6. The zero-order chi connectivity index (χ0) is 22.5. The van der Waals surface area contributed by atoms with Crippen molar-refractivity contribution in [3.8, 4) is 6.07 Å². The first-order valence-electron chi connectivity index (χ1n) is 11.5. The summed E-state index contributed by atoms with van der Waals surface area (Å²) in [5.41, 5.74) is 12.7. The molecule has 5 heteroatoms. The number of nitrogens with one attached hydrogen (secondary N) is 1. The Hall–Kier alpha value is -3.10. The number of hydrogen-bond donors (Lipinski definition) is 2. The molecule has 3 N–H and O–H groups in total. The standard InChI is InChI=1S/C27H30N4O/c1-17-11-18(2)25-22(7-9-30-25)23(17)16-31-10-8-27(12-19(13-27)15-28)14-24(31)20-3-5-21(6-4-20)26(29)32/h3-7,9,11,19,24,30H,8,10,12-14,16H2,1-2H3,(H2,29,32)/t19?,24-,27?/m0/s1. The van der Waals surface area contributed by atoms with Gasteiger partial charge in [0, 0.05) is 41.2 Å². The Bertz CT molecular complexity index is 1210. The molecule has 0 radical (unpaired) electrons. The zero-order valence-electron chi connectivity index (χ0n) is 18.8. The molecule has 1 aliphatic carbocycles. The molecule has 2 fully saturated rings. The van der Waals surface area contributed by atoms with Gasteiger partial charge in [0.1, 0.15) is 0 Å². The van der Waals surface area contributed by atoms with Gasteiger partial charge >= 0.3 is 0 Å². The van der Waals surface area contributed by atoms with Crippen LogP contribution in [0.1, 0.15) is 64.3 Å². The smallest absolute Gasteiger partial charge is 0.248 e. The van der Waals surface area contributed by atoms with Gasteiger partial charge in [-0.15, -0.1) is 0 Å². The molecule has 32 heavy (non-hydrogen) atoms. The van der Waals surface area contributed by atoms with Gasteiger partial charge < -0.3 is 10.7 Å². The van der Waals surface area contributed by atoms with Crippen LogP contribution >= 0.6 is 0 Å². The lowest BCUT2D eigenvalue weighted by molar-refractivity contribution is -0.0297. The van der Waals surface area contributed by atoms with Crippen molar-refractivity contribution in [3.63, 3.8) is 0 Å². The van der Waals surface area contributed by atoms with E-state index in [-0.39, 0.29) is 17.4 Å². The van der Waals surface area contributed by atoms with Gasteiger partial charge in [-0.2, -0.15) is 5.26 Å². The maximum Gasteiger partial charge on any atom is 0.248 e. The maximum absolute atomic E-state index is 11.6. The number of aromatic amines is 1. The van der Waals surface area contributed by atoms with Crippen molar-refractivity contribution in [1.29, 1.82) is 5.26 Å². The van der Waals surface area contributed by atoms with E-state index in [2.05, 4.69) is 54.1 Å². The van der Waals surface area contributed by atoms with E-state index < -0.39 is 5.91 Å². The van der Waals surface area contributed by atoms with E-state index in [4.69, 9.17) is 5.73 Å². The molecule has 1 atom stereocenters. The summed E-state index contributed by atoms with van der Waals surface area (Å²) >= 11 is 0. The lowest BCUT2D eigenvalue weighted by atomic mass is 9.56. The Morgan fingerprint density at radius 3 is 2.62 bits per heavy atom. The van der Waals surface area contributed by atoms with E-state index in [0.717, 1.165) is 38.8 Å². The van der Waals surface area contributed by atoms with Crippen molar-refractivity contribution in [2.24, 2.45) is 17.1 Å². The quantitative estimate of drug-likeness (QED) is 0.606. The minimum atomic E-state index is -0.394. The number of primary amides is 1. The zero-order valence-corrected chi connectivity index (χ0v) is 18.8. The number of aromatic nitrogens is 1. The van der Waals surface area contributed by atoms with Crippen molar-refractivity contribution < 1.29 is 4.79 Å². The van der Waals surface area contributed by atoms with E-state index in [1.165, 1.54) is 33.2 Å².